The highest BCUT2D eigenvalue weighted by molar-refractivity contribution is 6.15. The molecule has 0 amide bonds. The monoisotopic (exact) mass is 586 g/mol. The van der Waals surface area contributed by atoms with Crippen LogP contribution in [0.4, 0.5) is 0 Å². The molecule has 216 valence electrons. The molecule has 2 aliphatic rings. The van der Waals surface area contributed by atoms with Crippen LogP contribution in [-0.2, 0) is 5.41 Å². The Morgan fingerprint density at radius 1 is 0.413 bits per heavy atom. The Labute approximate surface area is 268 Å². The van der Waals surface area contributed by atoms with Crippen molar-refractivity contribution < 1.29 is 4.74 Å². The predicted octanol–water partition coefficient (Wildman–Crippen LogP) is 12.6. The zero-order valence-electron chi connectivity index (χ0n) is 25.8. The van der Waals surface area contributed by atoms with Gasteiger partial charge in [-0.2, -0.15) is 0 Å². The zero-order chi connectivity index (χ0) is 30.6. The van der Waals surface area contributed by atoms with E-state index in [2.05, 4.69) is 153 Å². The lowest BCUT2D eigenvalue weighted by Gasteiger charge is -2.24. The van der Waals surface area contributed by atoms with Crippen LogP contribution in [0.25, 0.3) is 76.8 Å². The predicted molar refractivity (Wildman–Crippen MR) is 193 cm³/mol. The van der Waals surface area contributed by atoms with Gasteiger partial charge in [0.15, 0.2) is 0 Å². The third-order valence-corrected chi connectivity index (χ3v) is 10.5. The Hall–Kier alpha value is -5.66. The number of ether oxygens (including phenoxy) is 1. The molecule has 1 heteroatoms. The van der Waals surface area contributed by atoms with Crippen LogP contribution in [0.15, 0.2) is 146 Å². The van der Waals surface area contributed by atoms with Crippen LogP contribution in [0.3, 0.4) is 0 Å². The highest BCUT2D eigenvalue weighted by Gasteiger charge is 2.38. The smallest absolute Gasteiger partial charge is 0.135 e. The molecule has 0 atom stereocenters. The second-order valence-electron chi connectivity index (χ2n) is 13.2. The van der Waals surface area contributed by atoms with Gasteiger partial charge < -0.3 is 4.74 Å². The largest absolute Gasteiger partial charge is 0.456 e. The number of fused-ring (bicyclic) bond motifs is 7. The van der Waals surface area contributed by atoms with Gasteiger partial charge in [0, 0.05) is 16.4 Å². The summed E-state index contributed by atoms with van der Waals surface area (Å²) in [7, 11) is 0. The van der Waals surface area contributed by atoms with Crippen molar-refractivity contribution in [2.75, 3.05) is 0 Å². The average molecular weight is 587 g/mol. The fraction of sp³-hybridized carbons (Fsp3) is 0.0667. The fourth-order valence-corrected chi connectivity index (χ4v) is 8.29. The molecular weight excluding hydrogens is 556 g/mol. The van der Waals surface area contributed by atoms with Crippen LogP contribution in [0.1, 0.15) is 25.0 Å². The van der Waals surface area contributed by atoms with E-state index >= 15 is 0 Å². The van der Waals surface area contributed by atoms with Crippen LogP contribution >= 0.6 is 0 Å². The molecule has 1 nitrogen and oxygen atoms in total. The number of hydrogen-bond acceptors (Lipinski definition) is 1. The number of para-hydroxylation sites is 1. The van der Waals surface area contributed by atoms with Crippen molar-refractivity contribution in [1.29, 1.82) is 0 Å². The van der Waals surface area contributed by atoms with Gasteiger partial charge in [0.25, 0.3) is 0 Å². The summed E-state index contributed by atoms with van der Waals surface area (Å²) in [5.41, 5.74) is 12.8. The molecular formula is C45H30O. The van der Waals surface area contributed by atoms with Crippen LogP contribution < -0.4 is 4.74 Å². The molecule has 0 bridgehead atoms. The molecule has 8 aromatic carbocycles. The highest BCUT2D eigenvalue weighted by atomic mass is 16.5. The van der Waals surface area contributed by atoms with Crippen molar-refractivity contribution in [3.8, 4) is 56.0 Å². The van der Waals surface area contributed by atoms with E-state index in [1.54, 1.807) is 0 Å². The topological polar surface area (TPSA) is 9.23 Å². The molecule has 10 rings (SSSR count). The maximum atomic E-state index is 6.41. The molecule has 0 saturated heterocycles. The van der Waals surface area contributed by atoms with Crippen molar-refractivity contribution in [2.45, 2.75) is 19.3 Å². The molecule has 8 aromatic rings. The van der Waals surface area contributed by atoms with E-state index in [0.717, 1.165) is 17.1 Å². The summed E-state index contributed by atoms with van der Waals surface area (Å²) in [5.74, 6) is 1.84. The standard InChI is InChI=1S/C45H30O/c1-45(2)38-19-7-5-15-37(38)44-39(45)26-29-25-28(21-22-32(29)43(44)35-16-9-12-27-11-3-4-13-30(27)35)31-23-24-41-42-34(31)17-10-18-36(42)33-14-6-8-20-40(33)46-41/h3-26H,1-2H3. The second kappa shape index (κ2) is 9.19. The Bertz CT molecular complexity index is 2580. The number of rotatable bonds is 2. The molecule has 0 spiro atoms. The lowest BCUT2D eigenvalue weighted by Crippen LogP contribution is -2.15. The van der Waals surface area contributed by atoms with Gasteiger partial charge in [-0.25, -0.2) is 0 Å². The molecule has 0 N–H and O–H groups in total. The molecule has 0 saturated carbocycles. The molecule has 0 fully saturated rings. The van der Waals surface area contributed by atoms with Crippen molar-refractivity contribution in [3.63, 3.8) is 0 Å². The minimum atomic E-state index is -0.111. The van der Waals surface area contributed by atoms with Crippen LogP contribution in [0.5, 0.6) is 11.5 Å². The summed E-state index contributed by atoms with van der Waals surface area (Å²) < 4.78 is 6.41. The van der Waals surface area contributed by atoms with E-state index in [1.165, 1.54) is 82.4 Å². The van der Waals surface area contributed by atoms with Gasteiger partial charge in [-0.05, 0) is 101 Å². The Kier molecular flexibility index (Phi) is 5.12. The summed E-state index contributed by atoms with van der Waals surface area (Å²) in [5, 5.41) is 7.50. The third-order valence-electron chi connectivity index (χ3n) is 10.5. The normalized spacial score (nSPS) is 13.8. The van der Waals surface area contributed by atoms with E-state index in [4.69, 9.17) is 4.74 Å². The first-order valence-electron chi connectivity index (χ1n) is 16.1. The van der Waals surface area contributed by atoms with Gasteiger partial charge in [-0.15, -0.1) is 0 Å². The molecule has 46 heavy (non-hydrogen) atoms. The Morgan fingerprint density at radius 2 is 1.13 bits per heavy atom. The van der Waals surface area contributed by atoms with Crippen molar-refractivity contribution >= 4 is 32.3 Å². The Morgan fingerprint density at radius 3 is 2.07 bits per heavy atom. The summed E-state index contributed by atoms with van der Waals surface area (Å²) in [6.07, 6.45) is 0. The first-order valence-corrected chi connectivity index (χ1v) is 16.1. The van der Waals surface area contributed by atoms with Crippen LogP contribution in [0.2, 0.25) is 0 Å². The molecule has 0 radical (unpaired) electrons. The summed E-state index contributed by atoms with van der Waals surface area (Å²) in [6, 6.07) is 53.4. The maximum Gasteiger partial charge on any atom is 0.135 e. The van der Waals surface area contributed by atoms with E-state index in [-0.39, 0.29) is 5.41 Å². The molecule has 1 aliphatic heterocycles. The highest BCUT2D eigenvalue weighted by Crippen LogP contribution is 2.55. The SMILES string of the molecule is CC1(C)c2ccccc2-c2c1cc1cc(-c3ccc4c5c(cccc35)-c3ccccc3O4)ccc1c2-c1cccc2ccccc12. The quantitative estimate of drug-likeness (QED) is 0.196. The van der Waals surface area contributed by atoms with Gasteiger partial charge in [0.05, 0.1) is 0 Å². The lowest BCUT2D eigenvalue weighted by molar-refractivity contribution is 0.487. The molecule has 1 heterocycles. The first-order chi connectivity index (χ1) is 22.6. The van der Waals surface area contributed by atoms with Gasteiger partial charge >= 0.3 is 0 Å². The minimum absolute atomic E-state index is 0.111. The Balaban J connectivity index is 1.27. The lowest BCUT2D eigenvalue weighted by atomic mass is 9.80. The van der Waals surface area contributed by atoms with Crippen LogP contribution in [-0.4, -0.2) is 0 Å². The van der Waals surface area contributed by atoms with Crippen molar-refractivity contribution in [2.24, 2.45) is 0 Å². The minimum Gasteiger partial charge on any atom is -0.456 e. The molecule has 1 aliphatic carbocycles. The number of benzene rings is 8. The van der Waals surface area contributed by atoms with Crippen LogP contribution in [0, 0.1) is 0 Å². The second-order valence-corrected chi connectivity index (χ2v) is 13.2. The van der Waals surface area contributed by atoms with Gasteiger partial charge in [0.1, 0.15) is 11.5 Å². The number of hydrogen-bond donors (Lipinski definition) is 0. The summed E-state index contributed by atoms with van der Waals surface area (Å²) >= 11 is 0. The van der Waals surface area contributed by atoms with Gasteiger partial charge in [-0.3, -0.25) is 0 Å². The maximum absolute atomic E-state index is 6.41. The van der Waals surface area contributed by atoms with E-state index < -0.39 is 0 Å². The van der Waals surface area contributed by atoms with Gasteiger partial charge in [0.2, 0.25) is 0 Å². The fourth-order valence-electron chi connectivity index (χ4n) is 8.29. The van der Waals surface area contributed by atoms with E-state index in [0.29, 0.717) is 0 Å². The van der Waals surface area contributed by atoms with E-state index in [9.17, 15) is 0 Å². The van der Waals surface area contributed by atoms with E-state index in [1.807, 2.05) is 6.07 Å². The average Bonchev–Trinajstić information content (AvgIpc) is 3.33. The molecule has 0 aromatic heterocycles. The third kappa shape index (κ3) is 3.40. The summed E-state index contributed by atoms with van der Waals surface area (Å²) in [4.78, 5) is 0. The summed E-state index contributed by atoms with van der Waals surface area (Å²) in [6.45, 7) is 4.76. The van der Waals surface area contributed by atoms with Crippen molar-refractivity contribution in [1.82, 2.24) is 0 Å². The first kappa shape index (κ1) is 25.6. The van der Waals surface area contributed by atoms with Crippen molar-refractivity contribution in [3.05, 3.63) is 157 Å². The zero-order valence-corrected chi connectivity index (χ0v) is 25.8. The van der Waals surface area contributed by atoms with Gasteiger partial charge in [-0.1, -0.05) is 135 Å². The molecule has 0 unspecified atom stereocenters.